The van der Waals surface area contributed by atoms with Crippen molar-refractivity contribution in [2.24, 2.45) is 7.05 Å². The zero-order valence-corrected chi connectivity index (χ0v) is 10.1. The van der Waals surface area contributed by atoms with Gasteiger partial charge in [-0.2, -0.15) is 5.10 Å². The Bertz CT molecular complexity index is 346. The molecule has 0 aliphatic carbocycles. The SMILES string of the molecule is Cl.Cn1nccc1C(=O)N[C@H]1CCCNC1. The molecule has 1 aliphatic heterocycles. The van der Waals surface area contributed by atoms with E-state index in [0.29, 0.717) is 5.69 Å². The van der Waals surface area contributed by atoms with E-state index in [1.54, 1.807) is 24.0 Å². The summed E-state index contributed by atoms with van der Waals surface area (Å²) in [6, 6.07) is 1.98. The maximum Gasteiger partial charge on any atom is 0.269 e. The minimum Gasteiger partial charge on any atom is -0.347 e. The molecule has 0 aromatic carbocycles. The first-order chi connectivity index (χ1) is 7.27. The molecule has 2 N–H and O–H groups in total. The number of piperidine rings is 1. The molecule has 0 unspecified atom stereocenters. The van der Waals surface area contributed by atoms with Crippen LogP contribution in [0.15, 0.2) is 12.3 Å². The number of aryl methyl sites for hydroxylation is 1. The third-order valence-corrected chi connectivity index (χ3v) is 2.69. The van der Waals surface area contributed by atoms with Crippen LogP contribution in [0, 0.1) is 0 Å². The van der Waals surface area contributed by atoms with Crippen molar-refractivity contribution in [3.63, 3.8) is 0 Å². The van der Waals surface area contributed by atoms with Crippen LogP contribution in [0.3, 0.4) is 0 Å². The number of aromatic nitrogens is 2. The zero-order valence-electron chi connectivity index (χ0n) is 9.27. The first kappa shape index (κ1) is 13.0. The highest BCUT2D eigenvalue weighted by Gasteiger charge is 2.17. The predicted octanol–water partition coefficient (Wildman–Crippen LogP) is 0.324. The van der Waals surface area contributed by atoms with Crippen molar-refractivity contribution >= 4 is 18.3 Å². The van der Waals surface area contributed by atoms with Gasteiger partial charge in [0, 0.05) is 25.8 Å². The maximum atomic E-state index is 11.8. The summed E-state index contributed by atoms with van der Waals surface area (Å²) in [5.41, 5.74) is 0.612. The van der Waals surface area contributed by atoms with Gasteiger partial charge >= 0.3 is 0 Å². The minimum atomic E-state index is -0.0382. The van der Waals surface area contributed by atoms with Gasteiger partial charge in [0.2, 0.25) is 0 Å². The monoisotopic (exact) mass is 244 g/mol. The molecule has 1 atom stereocenters. The fourth-order valence-electron chi connectivity index (χ4n) is 1.83. The number of carbonyl (C=O) groups is 1. The van der Waals surface area contributed by atoms with Gasteiger partial charge < -0.3 is 10.6 Å². The average molecular weight is 245 g/mol. The lowest BCUT2D eigenvalue weighted by atomic mass is 10.1. The fourth-order valence-corrected chi connectivity index (χ4v) is 1.83. The van der Waals surface area contributed by atoms with Crippen molar-refractivity contribution < 1.29 is 4.79 Å². The standard InChI is InChI=1S/C10H16N4O.ClH/c1-14-9(4-6-12-14)10(15)13-8-3-2-5-11-7-8;/h4,6,8,11H,2-3,5,7H2,1H3,(H,13,15);1H/t8-;/m0./s1. The molecule has 1 saturated heterocycles. The van der Waals surface area contributed by atoms with Gasteiger partial charge in [-0.05, 0) is 25.5 Å². The third kappa shape index (κ3) is 2.96. The summed E-state index contributed by atoms with van der Waals surface area (Å²) >= 11 is 0. The third-order valence-electron chi connectivity index (χ3n) is 2.69. The minimum absolute atomic E-state index is 0. The van der Waals surface area contributed by atoms with Gasteiger partial charge in [-0.25, -0.2) is 0 Å². The van der Waals surface area contributed by atoms with Gasteiger partial charge in [0.25, 0.3) is 5.91 Å². The lowest BCUT2D eigenvalue weighted by Crippen LogP contribution is -2.46. The number of amides is 1. The highest BCUT2D eigenvalue weighted by Crippen LogP contribution is 2.03. The van der Waals surface area contributed by atoms with E-state index < -0.39 is 0 Å². The Kier molecular flexibility index (Phi) is 4.76. The molecule has 0 spiro atoms. The lowest BCUT2D eigenvalue weighted by Gasteiger charge is -2.23. The number of hydrogen-bond acceptors (Lipinski definition) is 3. The summed E-state index contributed by atoms with van der Waals surface area (Å²) in [7, 11) is 1.77. The van der Waals surface area contributed by atoms with Crippen LogP contribution < -0.4 is 10.6 Å². The Balaban J connectivity index is 0.00000128. The van der Waals surface area contributed by atoms with Crippen LogP contribution in [-0.2, 0) is 7.05 Å². The van der Waals surface area contributed by atoms with E-state index in [0.717, 1.165) is 25.9 Å². The Morgan fingerprint density at radius 1 is 1.69 bits per heavy atom. The van der Waals surface area contributed by atoms with E-state index in [2.05, 4.69) is 15.7 Å². The largest absolute Gasteiger partial charge is 0.347 e. The molecule has 1 fully saturated rings. The summed E-state index contributed by atoms with van der Waals surface area (Å²) in [6.07, 6.45) is 3.81. The summed E-state index contributed by atoms with van der Waals surface area (Å²) in [5, 5.41) is 10.2. The first-order valence-electron chi connectivity index (χ1n) is 5.27. The van der Waals surface area contributed by atoms with Crippen molar-refractivity contribution in [3.05, 3.63) is 18.0 Å². The van der Waals surface area contributed by atoms with Gasteiger partial charge in [0.1, 0.15) is 5.69 Å². The maximum absolute atomic E-state index is 11.8. The van der Waals surface area contributed by atoms with Gasteiger partial charge in [-0.1, -0.05) is 0 Å². The van der Waals surface area contributed by atoms with Crippen molar-refractivity contribution in [1.29, 1.82) is 0 Å². The van der Waals surface area contributed by atoms with Crippen molar-refractivity contribution in [3.8, 4) is 0 Å². The molecule has 0 radical (unpaired) electrons. The van der Waals surface area contributed by atoms with Crippen LogP contribution in [0.5, 0.6) is 0 Å². The van der Waals surface area contributed by atoms with E-state index >= 15 is 0 Å². The number of rotatable bonds is 2. The average Bonchev–Trinajstić information content (AvgIpc) is 2.66. The van der Waals surface area contributed by atoms with Gasteiger partial charge in [-0.15, -0.1) is 12.4 Å². The van der Waals surface area contributed by atoms with Crippen LogP contribution in [-0.4, -0.2) is 34.8 Å². The van der Waals surface area contributed by atoms with E-state index in [1.165, 1.54) is 0 Å². The summed E-state index contributed by atoms with van der Waals surface area (Å²) < 4.78 is 1.59. The Morgan fingerprint density at radius 3 is 3.06 bits per heavy atom. The lowest BCUT2D eigenvalue weighted by molar-refractivity contribution is 0.0921. The first-order valence-corrected chi connectivity index (χ1v) is 5.27. The predicted molar refractivity (Wildman–Crippen MR) is 63.8 cm³/mol. The molecular weight excluding hydrogens is 228 g/mol. The topological polar surface area (TPSA) is 59.0 Å². The normalized spacial score (nSPS) is 19.9. The van der Waals surface area contributed by atoms with Crippen LogP contribution >= 0.6 is 12.4 Å². The van der Waals surface area contributed by atoms with E-state index in [4.69, 9.17) is 0 Å². The molecule has 1 aromatic heterocycles. The van der Waals surface area contributed by atoms with Gasteiger partial charge in [0.05, 0.1) is 0 Å². The number of nitrogens with one attached hydrogen (secondary N) is 2. The smallest absolute Gasteiger partial charge is 0.269 e. The summed E-state index contributed by atoms with van der Waals surface area (Å²) in [6.45, 7) is 1.92. The second-order valence-electron chi connectivity index (χ2n) is 3.86. The summed E-state index contributed by atoms with van der Waals surface area (Å²) in [4.78, 5) is 11.8. The molecule has 2 rings (SSSR count). The fraction of sp³-hybridized carbons (Fsp3) is 0.600. The Hall–Kier alpha value is -1.07. The van der Waals surface area contributed by atoms with Crippen molar-refractivity contribution in [2.45, 2.75) is 18.9 Å². The van der Waals surface area contributed by atoms with Crippen molar-refractivity contribution in [1.82, 2.24) is 20.4 Å². The van der Waals surface area contributed by atoms with E-state index in [-0.39, 0.29) is 24.4 Å². The molecule has 0 saturated carbocycles. The van der Waals surface area contributed by atoms with E-state index in [1.807, 2.05) is 0 Å². The molecule has 1 aromatic rings. The highest BCUT2D eigenvalue weighted by atomic mass is 35.5. The summed E-state index contributed by atoms with van der Waals surface area (Å²) in [5.74, 6) is -0.0382. The van der Waals surface area contributed by atoms with Crippen LogP contribution in [0.2, 0.25) is 0 Å². The molecule has 1 amide bonds. The van der Waals surface area contributed by atoms with Crippen molar-refractivity contribution in [2.75, 3.05) is 13.1 Å². The van der Waals surface area contributed by atoms with Crippen LogP contribution in [0.25, 0.3) is 0 Å². The molecular formula is C10H17ClN4O. The molecule has 2 heterocycles. The number of hydrogen-bond donors (Lipinski definition) is 2. The second-order valence-corrected chi connectivity index (χ2v) is 3.86. The molecule has 1 aliphatic rings. The molecule has 90 valence electrons. The number of nitrogens with zero attached hydrogens (tertiary/aromatic N) is 2. The molecule has 5 nitrogen and oxygen atoms in total. The number of halogens is 1. The second kappa shape index (κ2) is 5.86. The van der Waals surface area contributed by atoms with E-state index in [9.17, 15) is 4.79 Å². The van der Waals surface area contributed by atoms with Gasteiger partial charge in [-0.3, -0.25) is 9.48 Å². The van der Waals surface area contributed by atoms with Crippen LogP contribution in [0.1, 0.15) is 23.3 Å². The Morgan fingerprint density at radius 2 is 2.50 bits per heavy atom. The van der Waals surface area contributed by atoms with Gasteiger partial charge in [0.15, 0.2) is 0 Å². The zero-order chi connectivity index (χ0) is 10.7. The molecule has 0 bridgehead atoms. The number of carbonyl (C=O) groups excluding carboxylic acids is 1. The Labute approximate surface area is 101 Å². The highest BCUT2D eigenvalue weighted by molar-refractivity contribution is 5.92. The van der Waals surface area contributed by atoms with Crippen LogP contribution in [0.4, 0.5) is 0 Å². The quantitative estimate of drug-likeness (QED) is 0.788. The molecule has 16 heavy (non-hydrogen) atoms. The molecule has 6 heteroatoms.